The lowest BCUT2D eigenvalue weighted by molar-refractivity contribution is -0.159. The molecule has 2 heterocycles. The second kappa shape index (κ2) is 6.87. The monoisotopic (exact) mass is 370 g/mol. The lowest BCUT2D eigenvalue weighted by atomic mass is 10.1. The van der Waals surface area contributed by atoms with Crippen molar-refractivity contribution in [3.8, 4) is 0 Å². The number of nitrogens with one attached hydrogen (secondary N) is 1. The summed E-state index contributed by atoms with van der Waals surface area (Å²) < 4.78 is 17.6. The number of anilines is 2. The zero-order chi connectivity index (χ0) is 18.4. The number of ether oxygens (including phenoxy) is 3. The standard InChI is InChI=1S/C17H27ClN4O3/c1-9-14(18)20-16(22(4)5)21-15(9)19-11-7-10(8-23-6)12-13(11)25-17(2,3)24-12/h10-13H,7-8H2,1-6H3,(H,19,20,21). The van der Waals surface area contributed by atoms with E-state index in [4.69, 9.17) is 25.8 Å². The Labute approximate surface area is 154 Å². The number of fused-ring (bicyclic) bond motifs is 1. The normalized spacial score (nSPS) is 30.4. The van der Waals surface area contributed by atoms with Gasteiger partial charge in [0.15, 0.2) is 5.79 Å². The lowest BCUT2D eigenvalue weighted by Gasteiger charge is -2.25. The first-order valence-corrected chi connectivity index (χ1v) is 8.92. The number of methoxy groups -OCH3 is 1. The average molecular weight is 371 g/mol. The van der Waals surface area contributed by atoms with Gasteiger partial charge in [-0.15, -0.1) is 0 Å². The predicted octanol–water partition coefficient (Wildman–Crippen LogP) is 2.47. The van der Waals surface area contributed by atoms with Gasteiger partial charge in [0.2, 0.25) is 5.95 Å². The van der Waals surface area contributed by atoms with Gasteiger partial charge in [0.25, 0.3) is 0 Å². The van der Waals surface area contributed by atoms with Crippen LogP contribution < -0.4 is 10.2 Å². The average Bonchev–Trinajstić information content (AvgIpc) is 2.99. The van der Waals surface area contributed by atoms with Crippen LogP contribution in [0.1, 0.15) is 25.8 Å². The fourth-order valence-corrected chi connectivity index (χ4v) is 3.76. The summed E-state index contributed by atoms with van der Waals surface area (Å²) in [5.74, 6) is 0.999. The molecule has 0 bridgehead atoms. The highest BCUT2D eigenvalue weighted by atomic mass is 35.5. The van der Waals surface area contributed by atoms with Crippen molar-refractivity contribution in [1.29, 1.82) is 0 Å². The van der Waals surface area contributed by atoms with E-state index in [1.54, 1.807) is 7.11 Å². The van der Waals surface area contributed by atoms with Crippen LogP contribution in [0.2, 0.25) is 5.15 Å². The van der Waals surface area contributed by atoms with Gasteiger partial charge in [-0.1, -0.05) is 11.6 Å². The third kappa shape index (κ3) is 3.69. The Morgan fingerprint density at radius 1 is 1.28 bits per heavy atom. The van der Waals surface area contributed by atoms with Gasteiger partial charge in [0.05, 0.1) is 18.8 Å². The molecule has 8 heteroatoms. The second-order valence-electron chi connectivity index (χ2n) is 7.45. The van der Waals surface area contributed by atoms with Gasteiger partial charge >= 0.3 is 0 Å². The first-order chi connectivity index (χ1) is 11.7. The van der Waals surface area contributed by atoms with Crippen LogP contribution in [0.3, 0.4) is 0 Å². The molecule has 3 rings (SSSR count). The number of hydrogen-bond acceptors (Lipinski definition) is 7. The van der Waals surface area contributed by atoms with E-state index in [-0.39, 0.29) is 24.2 Å². The molecule has 1 aliphatic heterocycles. The molecule has 140 valence electrons. The van der Waals surface area contributed by atoms with Crippen LogP contribution in [0, 0.1) is 12.8 Å². The minimum absolute atomic E-state index is 0.0124. The Kier molecular flexibility index (Phi) is 5.12. The third-order valence-electron chi connectivity index (χ3n) is 4.76. The van der Waals surface area contributed by atoms with Gasteiger partial charge in [-0.25, -0.2) is 4.98 Å². The topological polar surface area (TPSA) is 68.7 Å². The summed E-state index contributed by atoms with van der Waals surface area (Å²) in [6, 6.07) is 0.0756. The van der Waals surface area contributed by atoms with E-state index in [0.29, 0.717) is 17.7 Å². The summed E-state index contributed by atoms with van der Waals surface area (Å²) >= 11 is 6.29. The summed E-state index contributed by atoms with van der Waals surface area (Å²) in [5, 5.41) is 3.97. The van der Waals surface area contributed by atoms with Crippen LogP contribution in [0.15, 0.2) is 0 Å². The van der Waals surface area contributed by atoms with E-state index in [9.17, 15) is 0 Å². The van der Waals surface area contributed by atoms with E-state index in [0.717, 1.165) is 17.8 Å². The van der Waals surface area contributed by atoms with Crippen molar-refractivity contribution >= 4 is 23.4 Å². The molecule has 7 nitrogen and oxygen atoms in total. The fourth-order valence-electron chi connectivity index (χ4n) is 3.60. The smallest absolute Gasteiger partial charge is 0.228 e. The number of rotatable bonds is 5. The van der Waals surface area contributed by atoms with Crippen molar-refractivity contribution in [3.63, 3.8) is 0 Å². The molecule has 0 spiro atoms. The zero-order valence-electron chi connectivity index (χ0n) is 15.7. The van der Waals surface area contributed by atoms with Crippen LogP contribution in [0.25, 0.3) is 0 Å². The van der Waals surface area contributed by atoms with Crippen LogP contribution in [0.5, 0.6) is 0 Å². The largest absolute Gasteiger partial charge is 0.384 e. The van der Waals surface area contributed by atoms with Crippen LogP contribution in [-0.4, -0.2) is 61.8 Å². The number of halogens is 1. The molecule has 1 N–H and O–H groups in total. The zero-order valence-corrected chi connectivity index (χ0v) is 16.4. The van der Waals surface area contributed by atoms with Crippen molar-refractivity contribution in [1.82, 2.24) is 9.97 Å². The molecule has 2 fully saturated rings. The SMILES string of the molecule is COCC1CC(Nc2nc(N(C)C)nc(Cl)c2C)C2OC(C)(C)OC12. The summed E-state index contributed by atoms with van der Waals surface area (Å²) in [7, 11) is 5.50. The maximum atomic E-state index is 6.29. The molecule has 2 aliphatic rings. The van der Waals surface area contributed by atoms with Gasteiger partial charge in [-0.2, -0.15) is 4.98 Å². The minimum Gasteiger partial charge on any atom is -0.384 e. The van der Waals surface area contributed by atoms with Crippen molar-refractivity contribution in [2.75, 3.05) is 38.0 Å². The third-order valence-corrected chi connectivity index (χ3v) is 5.13. The van der Waals surface area contributed by atoms with E-state index < -0.39 is 5.79 Å². The van der Waals surface area contributed by atoms with E-state index in [1.807, 2.05) is 39.8 Å². The minimum atomic E-state index is -0.588. The second-order valence-corrected chi connectivity index (χ2v) is 7.81. The van der Waals surface area contributed by atoms with Gasteiger partial charge in [-0.3, -0.25) is 0 Å². The molecule has 0 aromatic carbocycles. The van der Waals surface area contributed by atoms with E-state index in [1.165, 1.54) is 0 Å². The Bertz CT molecular complexity index is 641. The highest BCUT2D eigenvalue weighted by molar-refractivity contribution is 6.30. The molecular formula is C17H27ClN4O3. The lowest BCUT2D eigenvalue weighted by Crippen LogP contribution is -2.35. The van der Waals surface area contributed by atoms with Gasteiger partial charge < -0.3 is 24.4 Å². The van der Waals surface area contributed by atoms with Gasteiger partial charge in [-0.05, 0) is 27.2 Å². The van der Waals surface area contributed by atoms with Crippen molar-refractivity contribution in [2.45, 2.75) is 51.2 Å². The molecule has 4 unspecified atom stereocenters. The molecule has 1 saturated carbocycles. The summed E-state index contributed by atoms with van der Waals surface area (Å²) in [4.78, 5) is 10.7. The maximum absolute atomic E-state index is 6.29. The molecule has 25 heavy (non-hydrogen) atoms. The van der Waals surface area contributed by atoms with Crippen molar-refractivity contribution < 1.29 is 14.2 Å². The van der Waals surface area contributed by atoms with E-state index >= 15 is 0 Å². The van der Waals surface area contributed by atoms with E-state index in [2.05, 4.69) is 15.3 Å². The number of nitrogens with zero attached hydrogens (tertiary/aromatic N) is 3. The van der Waals surface area contributed by atoms with Gasteiger partial charge in [0, 0.05) is 32.7 Å². The van der Waals surface area contributed by atoms with Crippen LogP contribution >= 0.6 is 11.6 Å². The van der Waals surface area contributed by atoms with Gasteiger partial charge in [0.1, 0.15) is 17.1 Å². The highest BCUT2D eigenvalue weighted by Crippen LogP contribution is 2.43. The Morgan fingerprint density at radius 3 is 2.60 bits per heavy atom. The van der Waals surface area contributed by atoms with Crippen LogP contribution in [-0.2, 0) is 14.2 Å². The Hall–Kier alpha value is -1.15. The molecule has 1 aliphatic carbocycles. The number of hydrogen-bond donors (Lipinski definition) is 1. The molecule has 1 aromatic rings. The Morgan fingerprint density at radius 2 is 1.96 bits per heavy atom. The summed E-state index contributed by atoms with van der Waals surface area (Å²) in [6.07, 6.45) is 0.849. The van der Waals surface area contributed by atoms with Crippen molar-refractivity contribution in [3.05, 3.63) is 10.7 Å². The number of aromatic nitrogens is 2. The quantitative estimate of drug-likeness (QED) is 0.798. The fraction of sp³-hybridized carbons (Fsp3) is 0.765. The first kappa shape index (κ1) is 18.6. The molecule has 0 radical (unpaired) electrons. The molecule has 0 amide bonds. The summed E-state index contributed by atoms with van der Waals surface area (Å²) in [6.45, 7) is 6.46. The Balaban J connectivity index is 1.85. The van der Waals surface area contributed by atoms with Crippen molar-refractivity contribution in [2.24, 2.45) is 5.92 Å². The summed E-state index contributed by atoms with van der Waals surface area (Å²) in [5.41, 5.74) is 0.831. The maximum Gasteiger partial charge on any atom is 0.228 e. The predicted molar refractivity (Wildman–Crippen MR) is 97.3 cm³/mol. The molecule has 1 saturated heterocycles. The molecule has 4 atom stereocenters. The molecular weight excluding hydrogens is 344 g/mol. The highest BCUT2D eigenvalue weighted by Gasteiger charge is 2.54. The van der Waals surface area contributed by atoms with Crippen LogP contribution in [0.4, 0.5) is 11.8 Å². The first-order valence-electron chi connectivity index (χ1n) is 8.54. The molecule has 1 aromatic heterocycles.